The smallest absolute Gasteiger partial charge is 0.251 e. The van der Waals surface area contributed by atoms with Gasteiger partial charge in [-0.1, -0.05) is 32.0 Å². The third-order valence-electron chi connectivity index (χ3n) is 6.07. The van der Waals surface area contributed by atoms with Crippen molar-refractivity contribution in [2.75, 3.05) is 26.2 Å². The van der Waals surface area contributed by atoms with E-state index in [2.05, 4.69) is 5.32 Å². The molecule has 1 aromatic rings. The van der Waals surface area contributed by atoms with Gasteiger partial charge in [-0.3, -0.25) is 14.4 Å². The number of rotatable bonds is 5. The van der Waals surface area contributed by atoms with Gasteiger partial charge in [-0.05, 0) is 50.2 Å². The number of piperidine rings is 2. The Morgan fingerprint density at radius 3 is 2.03 bits per heavy atom. The van der Waals surface area contributed by atoms with Crippen molar-refractivity contribution in [2.45, 2.75) is 52.0 Å². The van der Waals surface area contributed by atoms with Crippen molar-refractivity contribution in [1.29, 1.82) is 0 Å². The summed E-state index contributed by atoms with van der Waals surface area (Å²) in [5.41, 5.74) is 0.566. The molecule has 0 bridgehead atoms. The van der Waals surface area contributed by atoms with Crippen LogP contribution in [-0.2, 0) is 9.59 Å². The SMILES string of the molecule is CC(C)C(=O)N1CCC(C(NC(=O)c2ccccc2)C(=O)N2CCCCC2)CC1. The average molecular weight is 400 g/mol. The first kappa shape index (κ1) is 21.3. The van der Waals surface area contributed by atoms with Crippen LogP contribution in [0, 0.1) is 11.8 Å². The maximum absolute atomic E-state index is 13.3. The lowest BCUT2D eigenvalue weighted by Crippen LogP contribution is -2.55. The number of carbonyl (C=O) groups is 3. The Kier molecular flexibility index (Phi) is 7.29. The fraction of sp³-hybridized carbons (Fsp3) is 0.609. The van der Waals surface area contributed by atoms with Crippen LogP contribution in [0.4, 0.5) is 0 Å². The fourth-order valence-corrected chi connectivity index (χ4v) is 4.32. The number of nitrogens with one attached hydrogen (secondary N) is 1. The quantitative estimate of drug-likeness (QED) is 0.828. The van der Waals surface area contributed by atoms with Crippen molar-refractivity contribution in [3.63, 3.8) is 0 Å². The first-order chi connectivity index (χ1) is 14.0. The van der Waals surface area contributed by atoms with Crippen LogP contribution in [-0.4, -0.2) is 59.7 Å². The Labute approximate surface area is 173 Å². The predicted molar refractivity (Wildman–Crippen MR) is 112 cm³/mol. The second-order valence-electron chi connectivity index (χ2n) is 8.52. The molecule has 29 heavy (non-hydrogen) atoms. The number of nitrogens with zero attached hydrogens (tertiary/aromatic N) is 2. The molecule has 1 atom stereocenters. The third kappa shape index (κ3) is 5.37. The van der Waals surface area contributed by atoms with Crippen LogP contribution in [0.3, 0.4) is 0 Å². The highest BCUT2D eigenvalue weighted by Crippen LogP contribution is 2.24. The second-order valence-corrected chi connectivity index (χ2v) is 8.52. The summed E-state index contributed by atoms with van der Waals surface area (Å²) in [5, 5.41) is 3.03. The monoisotopic (exact) mass is 399 g/mol. The molecule has 1 N–H and O–H groups in total. The van der Waals surface area contributed by atoms with E-state index in [4.69, 9.17) is 0 Å². The zero-order valence-corrected chi connectivity index (χ0v) is 17.6. The van der Waals surface area contributed by atoms with E-state index in [1.54, 1.807) is 12.1 Å². The molecule has 2 aliphatic rings. The van der Waals surface area contributed by atoms with Gasteiger partial charge in [0.2, 0.25) is 11.8 Å². The molecule has 0 aromatic heterocycles. The minimum absolute atomic E-state index is 0.0184. The van der Waals surface area contributed by atoms with Gasteiger partial charge in [0, 0.05) is 37.7 Å². The van der Waals surface area contributed by atoms with E-state index in [0.29, 0.717) is 18.7 Å². The molecule has 2 fully saturated rings. The molecule has 6 heteroatoms. The van der Waals surface area contributed by atoms with Gasteiger partial charge in [0.05, 0.1) is 0 Å². The summed E-state index contributed by atoms with van der Waals surface area (Å²) in [6.45, 7) is 6.65. The summed E-state index contributed by atoms with van der Waals surface area (Å²) in [7, 11) is 0. The van der Waals surface area contributed by atoms with Crippen LogP contribution in [0.5, 0.6) is 0 Å². The fourth-order valence-electron chi connectivity index (χ4n) is 4.32. The molecular weight excluding hydrogens is 366 g/mol. The number of hydrogen-bond acceptors (Lipinski definition) is 3. The topological polar surface area (TPSA) is 69.7 Å². The highest BCUT2D eigenvalue weighted by molar-refractivity contribution is 5.97. The van der Waals surface area contributed by atoms with Gasteiger partial charge in [0.1, 0.15) is 6.04 Å². The molecule has 0 radical (unpaired) electrons. The highest BCUT2D eigenvalue weighted by Gasteiger charge is 2.36. The molecule has 1 unspecified atom stereocenters. The van der Waals surface area contributed by atoms with Gasteiger partial charge >= 0.3 is 0 Å². The normalized spacial score (nSPS) is 19.1. The molecule has 158 valence electrons. The number of carbonyl (C=O) groups excluding carboxylic acids is 3. The van der Waals surface area contributed by atoms with Crippen LogP contribution in [0.1, 0.15) is 56.3 Å². The summed E-state index contributed by atoms with van der Waals surface area (Å²) in [6, 6.07) is 8.52. The number of amides is 3. The molecule has 0 saturated carbocycles. The lowest BCUT2D eigenvalue weighted by molar-refractivity contribution is -0.138. The van der Waals surface area contributed by atoms with Gasteiger partial charge in [-0.25, -0.2) is 0 Å². The molecule has 2 heterocycles. The maximum atomic E-state index is 13.3. The van der Waals surface area contributed by atoms with E-state index in [1.165, 1.54) is 0 Å². The summed E-state index contributed by atoms with van der Waals surface area (Å²) in [6.07, 6.45) is 4.66. The van der Waals surface area contributed by atoms with Gasteiger partial charge in [0.25, 0.3) is 5.91 Å². The first-order valence-electron chi connectivity index (χ1n) is 10.9. The van der Waals surface area contributed by atoms with Crippen LogP contribution in [0.15, 0.2) is 30.3 Å². The highest BCUT2D eigenvalue weighted by atomic mass is 16.2. The van der Waals surface area contributed by atoms with Gasteiger partial charge in [-0.2, -0.15) is 0 Å². The van der Waals surface area contributed by atoms with Crippen molar-refractivity contribution in [3.05, 3.63) is 35.9 Å². The van der Waals surface area contributed by atoms with E-state index in [1.807, 2.05) is 41.8 Å². The van der Waals surface area contributed by atoms with Crippen LogP contribution >= 0.6 is 0 Å². The van der Waals surface area contributed by atoms with E-state index >= 15 is 0 Å². The Balaban J connectivity index is 1.71. The van der Waals surface area contributed by atoms with E-state index < -0.39 is 6.04 Å². The lowest BCUT2D eigenvalue weighted by Gasteiger charge is -2.39. The Morgan fingerprint density at radius 2 is 1.45 bits per heavy atom. The molecule has 2 aliphatic heterocycles. The standard InChI is InChI=1S/C23H33N3O3/c1-17(2)22(28)26-15-11-18(12-16-26)20(23(29)25-13-7-4-8-14-25)24-21(27)19-9-5-3-6-10-19/h3,5-6,9-10,17-18,20H,4,7-8,11-16H2,1-2H3,(H,24,27). The summed E-state index contributed by atoms with van der Waals surface area (Å²) in [4.78, 5) is 42.2. The molecule has 6 nitrogen and oxygen atoms in total. The van der Waals surface area contributed by atoms with Crippen molar-refractivity contribution in [2.24, 2.45) is 11.8 Å². The van der Waals surface area contributed by atoms with Crippen molar-refractivity contribution in [3.8, 4) is 0 Å². The predicted octanol–water partition coefficient (Wildman–Crippen LogP) is 2.69. The Hall–Kier alpha value is -2.37. The van der Waals surface area contributed by atoms with E-state index in [-0.39, 0.29) is 29.6 Å². The first-order valence-corrected chi connectivity index (χ1v) is 10.9. The molecule has 0 aliphatic carbocycles. The van der Waals surface area contributed by atoms with Gasteiger partial charge in [-0.15, -0.1) is 0 Å². The van der Waals surface area contributed by atoms with Gasteiger partial charge < -0.3 is 15.1 Å². The minimum Gasteiger partial charge on any atom is -0.342 e. The Morgan fingerprint density at radius 1 is 0.862 bits per heavy atom. The van der Waals surface area contributed by atoms with Crippen LogP contribution in [0.2, 0.25) is 0 Å². The molecule has 2 saturated heterocycles. The Bertz CT molecular complexity index is 705. The number of likely N-dealkylation sites (tertiary alicyclic amines) is 2. The number of hydrogen-bond donors (Lipinski definition) is 1. The largest absolute Gasteiger partial charge is 0.342 e. The van der Waals surface area contributed by atoms with E-state index in [9.17, 15) is 14.4 Å². The zero-order chi connectivity index (χ0) is 20.8. The average Bonchev–Trinajstić information content (AvgIpc) is 2.77. The molecular formula is C23H33N3O3. The van der Waals surface area contributed by atoms with Crippen molar-refractivity contribution < 1.29 is 14.4 Å². The third-order valence-corrected chi connectivity index (χ3v) is 6.07. The van der Waals surface area contributed by atoms with Gasteiger partial charge in [0.15, 0.2) is 0 Å². The summed E-state index contributed by atoms with van der Waals surface area (Å²) in [5.74, 6) is 0.0170. The van der Waals surface area contributed by atoms with Crippen LogP contribution < -0.4 is 5.32 Å². The van der Waals surface area contributed by atoms with Crippen LogP contribution in [0.25, 0.3) is 0 Å². The molecule has 0 spiro atoms. The molecule has 3 rings (SSSR count). The molecule has 3 amide bonds. The van der Waals surface area contributed by atoms with E-state index in [0.717, 1.165) is 45.2 Å². The summed E-state index contributed by atoms with van der Waals surface area (Å²) < 4.78 is 0. The zero-order valence-electron chi connectivity index (χ0n) is 17.6. The lowest BCUT2D eigenvalue weighted by atomic mass is 9.87. The molecule has 1 aromatic carbocycles. The maximum Gasteiger partial charge on any atom is 0.251 e. The second kappa shape index (κ2) is 9.90. The van der Waals surface area contributed by atoms with Crippen molar-refractivity contribution in [1.82, 2.24) is 15.1 Å². The summed E-state index contributed by atoms with van der Waals surface area (Å²) >= 11 is 0. The van der Waals surface area contributed by atoms with Crippen molar-refractivity contribution >= 4 is 17.7 Å². The number of benzene rings is 1. The minimum atomic E-state index is -0.530.